The molecule has 2 rings (SSSR count). The molecule has 2 aromatic rings. The van der Waals surface area contributed by atoms with Gasteiger partial charge in [0.05, 0.1) is 5.52 Å². The van der Waals surface area contributed by atoms with Gasteiger partial charge in [0, 0.05) is 5.75 Å². The maximum absolute atomic E-state index is 10.9. The molecule has 0 bridgehead atoms. The van der Waals surface area contributed by atoms with Crippen molar-refractivity contribution in [3.05, 3.63) is 34.9 Å². The van der Waals surface area contributed by atoms with Crippen LogP contribution in [0.15, 0.2) is 18.2 Å². The number of thiol groups is 1. The van der Waals surface area contributed by atoms with Crippen LogP contribution in [0.4, 0.5) is 0 Å². The van der Waals surface area contributed by atoms with Gasteiger partial charge in [0.1, 0.15) is 11.0 Å². The van der Waals surface area contributed by atoms with E-state index >= 15 is 0 Å². The molecule has 2 heterocycles. The van der Waals surface area contributed by atoms with E-state index in [9.17, 15) is 4.79 Å². The van der Waals surface area contributed by atoms with Gasteiger partial charge in [-0.25, -0.2) is 9.78 Å². The second kappa shape index (κ2) is 3.75. The normalized spacial score (nSPS) is 10.8. The van der Waals surface area contributed by atoms with E-state index in [1.54, 1.807) is 22.6 Å². The van der Waals surface area contributed by atoms with E-state index in [1.165, 1.54) is 0 Å². The Morgan fingerprint density at radius 3 is 2.93 bits per heavy atom. The van der Waals surface area contributed by atoms with Gasteiger partial charge in [0.2, 0.25) is 0 Å². The number of imidazole rings is 1. The van der Waals surface area contributed by atoms with Crippen LogP contribution >= 0.6 is 24.2 Å². The van der Waals surface area contributed by atoms with Gasteiger partial charge >= 0.3 is 5.97 Å². The highest BCUT2D eigenvalue weighted by atomic mass is 35.5. The summed E-state index contributed by atoms with van der Waals surface area (Å²) in [7, 11) is 0. The van der Waals surface area contributed by atoms with Crippen LogP contribution < -0.4 is 0 Å². The van der Waals surface area contributed by atoms with Gasteiger partial charge in [-0.05, 0) is 12.1 Å². The van der Waals surface area contributed by atoms with E-state index in [1.807, 2.05) is 0 Å². The topological polar surface area (TPSA) is 54.6 Å². The number of hydrogen-bond donors (Lipinski definition) is 2. The fourth-order valence-corrected chi connectivity index (χ4v) is 1.90. The monoisotopic (exact) mass is 242 g/mol. The van der Waals surface area contributed by atoms with Gasteiger partial charge in [-0.15, -0.1) is 0 Å². The SMILES string of the molecule is O=C(O)c1nc(CS)n2c(Cl)cccc12. The van der Waals surface area contributed by atoms with Crippen LogP contribution in [0, 0.1) is 0 Å². The summed E-state index contributed by atoms with van der Waals surface area (Å²) in [5.41, 5.74) is 0.487. The zero-order valence-corrected chi connectivity index (χ0v) is 9.16. The molecule has 6 heteroatoms. The molecule has 0 saturated heterocycles. The lowest BCUT2D eigenvalue weighted by molar-refractivity contribution is 0.0693. The van der Waals surface area contributed by atoms with E-state index in [4.69, 9.17) is 16.7 Å². The quantitative estimate of drug-likeness (QED) is 0.627. The predicted molar refractivity (Wildman–Crippen MR) is 59.9 cm³/mol. The summed E-state index contributed by atoms with van der Waals surface area (Å²) in [6.07, 6.45) is 0. The first kappa shape index (κ1) is 10.3. The van der Waals surface area contributed by atoms with Crippen molar-refractivity contribution < 1.29 is 9.90 Å². The summed E-state index contributed by atoms with van der Waals surface area (Å²) in [5, 5.41) is 9.37. The number of fused-ring (bicyclic) bond motifs is 1. The van der Waals surface area contributed by atoms with Gasteiger partial charge in [-0.3, -0.25) is 4.40 Å². The van der Waals surface area contributed by atoms with E-state index in [2.05, 4.69) is 17.6 Å². The van der Waals surface area contributed by atoms with Gasteiger partial charge in [0.25, 0.3) is 0 Å². The number of aromatic carboxylic acids is 1. The smallest absolute Gasteiger partial charge is 0.356 e. The van der Waals surface area contributed by atoms with E-state index in [0.717, 1.165) is 0 Å². The van der Waals surface area contributed by atoms with E-state index in [-0.39, 0.29) is 5.69 Å². The van der Waals surface area contributed by atoms with Gasteiger partial charge in [0.15, 0.2) is 5.69 Å². The van der Waals surface area contributed by atoms with E-state index < -0.39 is 5.97 Å². The molecule has 4 nitrogen and oxygen atoms in total. The largest absolute Gasteiger partial charge is 0.476 e. The number of rotatable bonds is 2. The molecular formula is C9H7ClN2O2S. The molecular weight excluding hydrogens is 236 g/mol. The van der Waals surface area contributed by atoms with Crippen molar-refractivity contribution in [2.24, 2.45) is 0 Å². The summed E-state index contributed by atoms with van der Waals surface area (Å²) in [5.74, 6) is -0.211. The molecule has 0 spiro atoms. The van der Waals surface area contributed by atoms with Crippen molar-refractivity contribution in [1.82, 2.24) is 9.38 Å². The van der Waals surface area contributed by atoms with Crippen molar-refractivity contribution in [2.45, 2.75) is 5.75 Å². The summed E-state index contributed by atoms with van der Waals surface area (Å²) >= 11 is 10.0. The minimum atomic E-state index is -1.07. The van der Waals surface area contributed by atoms with Crippen molar-refractivity contribution in [3.63, 3.8) is 0 Å². The highest BCUT2D eigenvalue weighted by molar-refractivity contribution is 7.79. The molecule has 15 heavy (non-hydrogen) atoms. The van der Waals surface area contributed by atoms with E-state index in [0.29, 0.717) is 22.2 Å². The Labute approximate surface area is 95.9 Å². The van der Waals surface area contributed by atoms with Crippen molar-refractivity contribution in [3.8, 4) is 0 Å². The third-order valence-electron chi connectivity index (χ3n) is 2.03. The minimum absolute atomic E-state index is 0.00144. The molecule has 2 aromatic heterocycles. The van der Waals surface area contributed by atoms with Gasteiger partial charge in [-0.1, -0.05) is 17.7 Å². The van der Waals surface area contributed by atoms with Crippen molar-refractivity contribution in [2.75, 3.05) is 0 Å². The third-order valence-corrected chi connectivity index (χ3v) is 2.61. The number of nitrogens with zero attached hydrogens (tertiary/aromatic N) is 2. The van der Waals surface area contributed by atoms with Crippen LogP contribution in [-0.2, 0) is 5.75 Å². The Balaban J connectivity index is 2.87. The number of carboxylic acid groups (broad SMARTS) is 1. The van der Waals surface area contributed by atoms with Crippen LogP contribution in [0.2, 0.25) is 5.15 Å². The molecule has 0 aliphatic heterocycles. The summed E-state index contributed by atoms with van der Waals surface area (Å²) < 4.78 is 1.58. The number of aromatic nitrogens is 2. The number of carboxylic acids is 1. The molecule has 0 aliphatic carbocycles. The first-order chi connectivity index (χ1) is 7.15. The molecule has 0 aromatic carbocycles. The molecule has 0 fully saturated rings. The molecule has 78 valence electrons. The lowest BCUT2D eigenvalue weighted by Gasteiger charge is -1.99. The average molecular weight is 243 g/mol. The molecule has 0 radical (unpaired) electrons. The predicted octanol–water partition coefficient (Wildman–Crippen LogP) is 2.12. The number of pyridine rings is 1. The standard InChI is InChI=1S/C9H7ClN2O2S/c10-6-3-1-2-5-8(9(13)14)11-7(4-15)12(5)6/h1-3,15H,4H2,(H,13,14). The lowest BCUT2D eigenvalue weighted by Crippen LogP contribution is -1.97. The zero-order valence-electron chi connectivity index (χ0n) is 7.51. The van der Waals surface area contributed by atoms with Crippen molar-refractivity contribution >= 4 is 35.7 Å². The Bertz CT molecular complexity index is 538. The Kier molecular flexibility index (Phi) is 2.58. The molecule has 0 unspecified atom stereocenters. The Morgan fingerprint density at radius 1 is 1.60 bits per heavy atom. The summed E-state index contributed by atoms with van der Waals surface area (Å²) in [4.78, 5) is 14.9. The van der Waals surface area contributed by atoms with Crippen LogP contribution in [-0.4, -0.2) is 20.5 Å². The summed E-state index contributed by atoms with van der Waals surface area (Å²) in [6, 6.07) is 5.03. The highest BCUT2D eigenvalue weighted by Crippen LogP contribution is 2.20. The Morgan fingerprint density at radius 2 is 2.33 bits per heavy atom. The number of hydrogen-bond acceptors (Lipinski definition) is 3. The van der Waals surface area contributed by atoms with Gasteiger partial charge in [-0.2, -0.15) is 12.6 Å². The fraction of sp³-hybridized carbons (Fsp3) is 0.111. The van der Waals surface area contributed by atoms with Gasteiger partial charge < -0.3 is 5.11 Å². The molecule has 0 saturated carbocycles. The second-order valence-electron chi connectivity index (χ2n) is 2.91. The van der Waals surface area contributed by atoms with Crippen LogP contribution in [0.5, 0.6) is 0 Å². The number of halogens is 1. The first-order valence-electron chi connectivity index (χ1n) is 4.15. The van der Waals surface area contributed by atoms with Crippen LogP contribution in [0.3, 0.4) is 0 Å². The molecule has 0 aliphatic rings. The fourth-order valence-electron chi connectivity index (χ4n) is 1.43. The zero-order chi connectivity index (χ0) is 11.0. The molecule has 0 amide bonds. The van der Waals surface area contributed by atoms with Crippen LogP contribution in [0.1, 0.15) is 16.3 Å². The average Bonchev–Trinajstić information content (AvgIpc) is 2.58. The highest BCUT2D eigenvalue weighted by Gasteiger charge is 2.16. The molecule has 0 atom stereocenters. The summed E-state index contributed by atoms with van der Waals surface area (Å²) in [6.45, 7) is 0. The lowest BCUT2D eigenvalue weighted by atomic mass is 10.3. The maximum Gasteiger partial charge on any atom is 0.356 e. The molecule has 1 N–H and O–H groups in total. The Hall–Kier alpha value is -1.20. The maximum atomic E-state index is 10.9. The first-order valence-corrected chi connectivity index (χ1v) is 5.16. The van der Waals surface area contributed by atoms with Crippen LogP contribution in [0.25, 0.3) is 5.52 Å². The van der Waals surface area contributed by atoms with Crippen molar-refractivity contribution in [1.29, 1.82) is 0 Å². The second-order valence-corrected chi connectivity index (χ2v) is 3.61. The third kappa shape index (κ3) is 1.57. The minimum Gasteiger partial charge on any atom is -0.476 e. The number of carbonyl (C=O) groups is 1.